The molecule has 1 aromatic carbocycles. The van der Waals surface area contributed by atoms with Crippen LogP contribution >= 0.6 is 11.6 Å². The summed E-state index contributed by atoms with van der Waals surface area (Å²) < 4.78 is 27.2. The van der Waals surface area contributed by atoms with Gasteiger partial charge in [-0.25, -0.2) is 18.4 Å². The molecule has 2 aromatic rings. The lowest BCUT2D eigenvalue weighted by molar-refractivity contribution is 0.102. The van der Waals surface area contributed by atoms with E-state index in [9.17, 15) is 18.3 Å². The number of sulfonamides is 1. The number of hydrogen-bond donors (Lipinski definition) is 3. The van der Waals surface area contributed by atoms with Crippen LogP contribution in [0.25, 0.3) is 0 Å². The number of piperidine rings is 1. The summed E-state index contributed by atoms with van der Waals surface area (Å²) in [5, 5.41) is 14.8. The molecule has 1 aliphatic rings. The highest BCUT2D eigenvalue weighted by Gasteiger charge is 2.26. The predicted octanol–water partition coefficient (Wildman–Crippen LogP) is 2.74. The maximum atomic E-state index is 12.9. The SMILES string of the molecule is CC(C)(CO)Nc1cnc(C(=O)Nc2cccc(S(=O)(=O)N3CCCCC3)c2)c(Cl)n1. The average molecular weight is 468 g/mol. The Morgan fingerprint density at radius 1 is 1.26 bits per heavy atom. The molecule has 0 unspecified atom stereocenters. The van der Waals surface area contributed by atoms with Crippen molar-refractivity contribution in [3.05, 3.63) is 41.3 Å². The first-order valence-corrected chi connectivity index (χ1v) is 11.8. The monoisotopic (exact) mass is 467 g/mol. The van der Waals surface area contributed by atoms with E-state index in [-0.39, 0.29) is 22.3 Å². The smallest absolute Gasteiger partial charge is 0.277 e. The van der Waals surface area contributed by atoms with Gasteiger partial charge in [0.1, 0.15) is 5.82 Å². The van der Waals surface area contributed by atoms with Crippen molar-refractivity contribution in [2.75, 3.05) is 30.3 Å². The Morgan fingerprint density at radius 3 is 2.61 bits per heavy atom. The molecule has 168 valence electrons. The zero-order valence-corrected chi connectivity index (χ0v) is 19.0. The number of aliphatic hydroxyl groups is 1. The van der Waals surface area contributed by atoms with Crippen molar-refractivity contribution in [3.63, 3.8) is 0 Å². The molecule has 1 amide bonds. The third kappa shape index (κ3) is 5.70. The first-order valence-electron chi connectivity index (χ1n) is 9.95. The van der Waals surface area contributed by atoms with Gasteiger partial charge in [-0.05, 0) is 44.9 Å². The Kier molecular flexibility index (Phi) is 7.15. The molecule has 0 aliphatic carbocycles. The van der Waals surface area contributed by atoms with Gasteiger partial charge in [-0.1, -0.05) is 24.1 Å². The molecule has 3 rings (SSSR count). The van der Waals surface area contributed by atoms with Crippen molar-refractivity contribution in [1.82, 2.24) is 14.3 Å². The van der Waals surface area contributed by atoms with Crippen molar-refractivity contribution < 1.29 is 18.3 Å². The van der Waals surface area contributed by atoms with Crippen LogP contribution in [0.15, 0.2) is 35.4 Å². The molecule has 0 radical (unpaired) electrons. The largest absolute Gasteiger partial charge is 0.394 e. The number of anilines is 2. The van der Waals surface area contributed by atoms with Crippen LogP contribution in [0.2, 0.25) is 5.15 Å². The number of hydrogen-bond acceptors (Lipinski definition) is 7. The molecule has 1 fully saturated rings. The summed E-state index contributed by atoms with van der Waals surface area (Å²) >= 11 is 6.13. The lowest BCUT2D eigenvalue weighted by atomic mass is 10.1. The highest BCUT2D eigenvalue weighted by atomic mass is 35.5. The van der Waals surface area contributed by atoms with Gasteiger partial charge in [-0.15, -0.1) is 0 Å². The van der Waals surface area contributed by atoms with E-state index < -0.39 is 21.5 Å². The van der Waals surface area contributed by atoms with Gasteiger partial charge in [0.25, 0.3) is 5.91 Å². The van der Waals surface area contributed by atoms with Crippen LogP contribution in [-0.4, -0.2) is 58.9 Å². The van der Waals surface area contributed by atoms with Crippen LogP contribution in [0.1, 0.15) is 43.6 Å². The maximum absolute atomic E-state index is 12.9. The molecule has 1 aromatic heterocycles. The third-order valence-electron chi connectivity index (χ3n) is 4.85. The van der Waals surface area contributed by atoms with Crippen LogP contribution in [0.4, 0.5) is 11.5 Å². The Bertz CT molecular complexity index is 1060. The molecule has 3 N–H and O–H groups in total. The number of rotatable bonds is 7. The molecule has 0 atom stereocenters. The zero-order valence-electron chi connectivity index (χ0n) is 17.4. The van der Waals surface area contributed by atoms with Crippen molar-refractivity contribution >= 4 is 39.0 Å². The number of carbonyl (C=O) groups is 1. The number of benzene rings is 1. The van der Waals surface area contributed by atoms with E-state index in [4.69, 9.17) is 11.6 Å². The van der Waals surface area contributed by atoms with E-state index in [1.165, 1.54) is 22.6 Å². The second-order valence-electron chi connectivity index (χ2n) is 8.01. The van der Waals surface area contributed by atoms with Gasteiger partial charge in [0.15, 0.2) is 10.8 Å². The van der Waals surface area contributed by atoms with Crippen LogP contribution in [-0.2, 0) is 10.0 Å². The van der Waals surface area contributed by atoms with Crippen LogP contribution in [0.3, 0.4) is 0 Å². The van der Waals surface area contributed by atoms with E-state index in [2.05, 4.69) is 20.6 Å². The molecule has 0 spiro atoms. The van der Waals surface area contributed by atoms with Gasteiger partial charge < -0.3 is 15.7 Å². The average Bonchev–Trinajstić information content (AvgIpc) is 2.74. The Balaban J connectivity index is 1.76. The molecular formula is C20H26ClN5O4S. The highest BCUT2D eigenvalue weighted by molar-refractivity contribution is 7.89. The van der Waals surface area contributed by atoms with Gasteiger partial charge in [-0.3, -0.25) is 4.79 Å². The van der Waals surface area contributed by atoms with Crippen LogP contribution in [0.5, 0.6) is 0 Å². The van der Waals surface area contributed by atoms with E-state index >= 15 is 0 Å². The minimum atomic E-state index is -3.62. The number of aromatic nitrogens is 2. The summed E-state index contributed by atoms with van der Waals surface area (Å²) in [6, 6.07) is 6.09. The number of nitrogens with zero attached hydrogens (tertiary/aromatic N) is 3. The third-order valence-corrected chi connectivity index (χ3v) is 7.01. The van der Waals surface area contributed by atoms with E-state index in [1.54, 1.807) is 26.0 Å². The second-order valence-corrected chi connectivity index (χ2v) is 10.3. The van der Waals surface area contributed by atoms with Crippen LogP contribution in [0, 0.1) is 0 Å². The lowest BCUT2D eigenvalue weighted by Crippen LogP contribution is -2.35. The molecule has 11 heteroatoms. The lowest BCUT2D eigenvalue weighted by Gasteiger charge is -2.26. The molecule has 2 heterocycles. The van der Waals surface area contributed by atoms with Gasteiger partial charge in [0, 0.05) is 18.8 Å². The number of aliphatic hydroxyl groups excluding tert-OH is 1. The summed E-state index contributed by atoms with van der Waals surface area (Å²) in [7, 11) is -3.62. The summed E-state index contributed by atoms with van der Waals surface area (Å²) in [6.45, 7) is 4.41. The number of carbonyl (C=O) groups excluding carboxylic acids is 1. The fraction of sp³-hybridized carbons (Fsp3) is 0.450. The molecule has 0 saturated carbocycles. The standard InChI is InChI=1S/C20H26ClN5O4S/c1-20(2,13-27)25-16-12-22-17(18(21)24-16)19(28)23-14-7-6-8-15(11-14)31(29,30)26-9-4-3-5-10-26/h6-8,11-12,27H,3-5,9-10,13H2,1-2H3,(H,23,28)(H,24,25). The van der Waals surface area contributed by atoms with Crippen molar-refractivity contribution in [2.24, 2.45) is 0 Å². The molecule has 0 bridgehead atoms. The molecular weight excluding hydrogens is 442 g/mol. The number of halogens is 1. The minimum Gasteiger partial charge on any atom is -0.394 e. The van der Waals surface area contributed by atoms with Crippen molar-refractivity contribution in [1.29, 1.82) is 0 Å². The summed E-state index contributed by atoms with van der Waals surface area (Å²) in [5.74, 6) is -0.298. The Morgan fingerprint density at radius 2 is 1.97 bits per heavy atom. The summed E-state index contributed by atoms with van der Waals surface area (Å²) in [4.78, 5) is 20.9. The normalized spacial score (nSPS) is 15.5. The van der Waals surface area contributed by atoms with E-state index in [0.29, 0.717) is 24.6 Å². The van der Waals surface area contributed by atoms with Crippen LogP contribution < -0.4 is 10.6 Å². The molecule has 1 aliphatic heterocycles. The molecule has 9 nitrogen and oxygen atoms in total. The number of nitrogens with one attached hydrogen (secondary N) is 2. The predicted molar refractivity (Wildman–Crippen MR) is 119 cm³/mol. The van der Waals surface area contributed by atoms with Gasteiger partial charge in [-0.2, -0.15) is 4.31 Å². The summed E-state index contributed by atoms with van der Waals surface area (Å²) in [6.07, 6.45) is 4.05. The fourth-order valence-electron chi connectivity index (χ4n) is 3.14. The van der Waals surface area contributed by atoms with E-state index in [0.717, 1.165) is 19.3 Å². The first kappa shape index (κ1) is 23.4. The summed E-state index contributed by atoms with van der Waals surface area (Å²) in [5.41, 5.74) is -0.426. The van der Waals surface area contributed by atoms with E-state index in [1.807, 2.05) is 0 Å². The quantitative estimate of drug-likeness (QED) is 0.571. The first-order chi connectivity index (χ1) is 14.6. The van der Waals surface area contributed by atoms with Crippen molar-refractivity contribution in [2.45, 2.75) is 43.5 Å². The van der Waals surface area contributed by atoms with Gasteiger partial charge >= 0.3 is 0 Å². The Hall–Kier alpha value is -2.27. The maximum Gasteiger partial charge on any atom is 0.277 e. The minimum absolute atomic E-state index is 0.0988. The van der Waals surface area contributed by atoms with Crippen molar-refractivity contribution in [3.8, 4) is 0 Å². The van der Waals surface area contributed by atoms with Gasteiger partial charge in [0.2, 0.25) is 10.0 Å². The molecule has 1 saturated heterocycles. The van der Waals surface area contributed by atoms with Gasteiger partial charge in [0.05, 0.1) is 23.2 Å². The topological polar surface area (TPSA) is 125 Å². The second kappa shape index (κ2) is 9.47. The number of amides is 1. The zero-order chi connectivity index (χ0) is 22.6. The highest BCUT2D eigenvalue weighted by Crippen LogP contribution is 2.24. The Labute approximate surface area is 186 Å². The molecule has 31 heavy (non-hydrogen) atoms. The fourth-order valence-corrected chi connectivity index (χ4v) is 4.93.